The number of hydrogen-bond donors (Lipinski definition) is 3. The third-order valence-corrected chi connectivity index (χ3v) is 1.57. The van der Waals surface area contributed by atoms with Gasteiger partial charge in [-0.1, -0.05) is 12.1 Å². The molecule has 0 heterocycles. The summed E-state index contributed by atoms with van der Waals surface area (Å²) in [6.45, 7) is 0. The van der Waals surface area contributed by atoms with Gasteiger partial charge in [0.1, 0.15) is 0 Å². The van der Waals surface area contributed by atoms with Crippen molar-refractivity contribution in [3.05, 3.63) is 35.4 Å². The molecule has 0 spiro atoms. The molecule has 5 N–H and O–H groups in total. The van der Waals surface area contributed by atoms with E-state index in [0.29, 0.717) is 5.56 Å². The molecule has 0 saturated carbocycles. The Kier molecular flexibility index (Phi) is 3.68. The number of rotatable bonds is 2. The summed E-state index contributed by atoms with van der Waals surface area (Å²) in [4.78, 5) is 0. The van der Waals surface area contributed by atoms with E-state index in [0.717, 1.165) is 5.56 Å². The minimum atomic E-state index is 0.0277. The Morgan fingerprint density at radius 3 is 2.60 bits per heavy atom. The number of nitrogens with zero attached hydrogens (tertiary/aromatic N) is 3. The van der Waals surface area contributed by atoms with Crippen molar-refractivity contribution in [3.63, 3.8) is 0 Å². The van der Waals surface area contributed by atoms with E-state index in [9.17, 15) is 0 Å². The average Bonchev–Trinajstić information content (AvgIpc) is 2.29. The minimum Gasteiger partial charge on any atom is -0.367 e. The maximum absolute atomic E-state index is 8.57. The van der Waals surface area contributed by atoms with Gasteiger partial charge in [0.05, 0.1) is 17.8 Å². The highest BCUT2D eigenvalue weighted by Crippen LogP contribution is 2.00. The monoisotopic (exact) mass is 202 g/mol. The molecule has 0 unspecified atom stereocenters. The summed E-state index contributed by atoms with van der Waals surface area (Å²) in [6, 6.07) is 8.94. The Morgan fingerprint density at radius 1 is 1.40 bits per heavy atom. The van der Waals surface area contributed by atoms with Crippen molar-refractivity contribution >= 4 is 12.2 Å². The fourth-order valence-electron chi connectivity index (χ4n) is 0.846. The van der Waals surface area contributed by atoms with Gasteiger partial charge in [-0.05, 0) is 17.7 Å². The van der Waals surface area contributed by atoms with Crippen LogP contribution in [0.2, 0.25) is 0 Å². The third kappa shape index (κ3) is 3.36. The normalized spacial score (nSPS) is 11.3. The first-order chi connectivity index (χ1) is 7.26. The van der Waals surface area contributed by atoms with Crippen LogP contribution in [-0.2, 0) is 0 Å². The number of nitriles is 1. The molecule has 1 aromatic rings. The average molecular weight is 202 g/mol. The summed E-state index contributed by atoms with van der Waals surface area (Å²) >= 11 is 0. The van der Waals surface area contributed by atoms with E-state index in [1.165, 1.54) is 0 Å². The van der Waals surface area contributed by atoms with Crippen molar-refractivity contribution in [2.24, 2.45) is 21.8 Å². The lowest BCUT2D eigenvalue weighted by atomic mass is 10.2. The molecule has 0 aliphatic heterocycles. The van der Waals surface area contributed by atoms with E-state index < -0.39 is 0 Å². The summed E-state index contributed by atoms with van der Waals surface area (Å²) in [5.41, 5.74) is 9.10. The van der Waals surface area contributed by atoms with E-state index in [4.69, 9.17) is 16.8 Å². The van der Waals surface area contributed by atoms with Crippen molar-refractivity contribution in [2.45, 2.75) is 0 Å². The molecule has 0 bridgehead atoms. The van der Waals surface area contributed by atoms with Gasteiger partial charge in [-0.25, -0.2) is 5.43 Å². The zero-order valence-corrected chi connectivity index (χ0v) is 7.88. The minimum absolute atomic E-state index is 0.0277. The van der Waals surface area contributed by atoms with E-state index in [-0.39, 0.29) is 5.96 Å². The Balaban J connectivity index is 2.62. The number of nitrogens with two attached hydrogens (primary N) is 2. The first kappa shape index (κ1) is 10.5. The van der Waals surface area contributed by atoms with Crippen molar-refractivity contribution in [1.29, 1.82) is 5.26 Å². The van der Waals surface area contributed by atoms with Gasteiger partial charge < -0.3 is 11.6 Å². The van der Waals surface area contributed by atoms with Crippen molar-refractivity contribution < 1.29 is 0 Å². The van der Waals surface area contributed by atoms with Crippen LogP contribution in [0.25, 0.3) is 0 Å². The Labute approximate surface area is 86.9 Å². The maximum atomic E-state index is 8.57. The van der Waals surface area contributed by atoms with Crippen LogP contribution in [0.1, 0.15) is 11.1 Å². The summed E-state index contributed by atoms with van der Waals surface area (Å²) in [5, 5.41) is 15.5. The van der Waals surface area contributed by atoms with Gasteiger partial charge in [-0.15, -0.1) is 5.10 Å². The standard InChI is InChI=1S/C9H10N6/c10-5-7-1-3-8(4-2-7)6-13-15-9(11)14-12/h1-4,6H,12H2,(H3,11,14,15). The van der Waals surface area contributed by atoms with Gasteiger partial charge in [0, 0.05) is 0 Å². The van der Waals surface area contributed by atoms with E-state index in [1.807, 2.05) is 6.07 Å². The molecular formula is C9H10N6. The van der Waals surface area contributed by atoms with E-state index in [2.05, 4.69) is 15.6 Å². The molecule has 76 valence electrons. The van der Waals surface area contributed by atoms with Gasteiger partial charge in [0.25, 0.3) is 0 Å². The van der Waals surface area contributed by atoms with Crippen LogP contribution < -0.4 is 17.0 Å². The van der Waals surface area contributed by atoms with Crippen LogP contribution in [0.4, 0.5) is 0 Å². The second-order valence-electron chi connectivity index (χ2n) is 2.62. The zero-order chi connectivity index (χ0) is 11.1. The predicted molar refractivity (Wildman–Crippen MR) is 57.7 cm³/mol. The number of nitrogens with one attached hydrogen (secondary N) is 1. The molecule has 1 aromatic carbocycles. The van der Waals surface area contributed by atoms with Gasteiger partial charge in [0.15, 0.2) is 0 Å². The highest BCUT2D eigenvalue weighted by molar-refractivity contribution is 5.82. The lowest BCUT2D eigenvalue weighted by Gasteiger charge is -1.95. The first-order valence-corrected chi connectivity index (χ1v) is 4.09. The quantitative estimate of drug-likeness (QED) is 0.264. The highest BCUT2D eigenvalue weighted by atomic mass is 15.4. The van der Waals surface area contributed by atoms with Crippen LogP contribution in [0.3, 0.4) is 0 Å². The Morgan fingerprint density at radius 2 is 2.07 bits per heavy atom. The smallest absolute Gasteiger partial charge is 0.231 e. The number of benzene rings is 1. The predicted octanol–water partition coefficient (Wildman–Crippen LogP) is -0.330. The second-order valence-corrected chi connectivity index (χ2v) is 2.62. The Bertz CT molecular complexity index is 411. The summed E-state index contributed by atoms with van der Waals surface area (Å²) in [5.74, 6) is 4.91. The lowest BCUT2D eigenvalue weighted by Crippen LogP contribution is -2.28. The lowest BCUT2D eigenvalue weighted by molar-refractivity contribution is 0.993. The topological polar surface area (TPSA) is 113 Å². The van der Waals surface area contributed by atoms with E-state index in [1.54, 1.807) is 30.5 Å². The molecule has 6 nitrogen and oxygen atoms in total. The van der Waals surface area contributed by atoms with Gasteiger partial charge in [0.2, 0.25) is 5.96 Å². The molecule has 0 aliphatic carbocycles. The van der Waals surface area contributed by atoms with Gasteiger partial charge in [-0.2, -0.15) is 10.4 Å². The summed E-state index contributed by atoms with van der Waals surface area (Å²) in [7, 11) is 0. The highest BCUT2D eigenvalue weighted by Gasteiger charge is 1.90. The SMILES string of the molecule is N#Cc1ccc(C=NNC(N)=NN)cc1. The van der Waals surface area contributed by atoms with Crippen LogP contribution in [-0.4, -0.2) is 12.2 Å². The largest absolute Gasteiger partial charge is 0.367 e. The zero-order valence-electron chi connectivity index (χ0n) is 7.88. The van der Waals surface area contributed by atoms with Gasteiger partial charge in [-0.3, -0.25) is 0 Å². The fraction of sp³-hybridized carbons (Fsp3) is 0. The molecule has 6 heteroatoms. The van der Waals surface area contributed by atoms with Crippen molar-refractivity contribution in [3.8, 4) is 6.07 Å². The molecule has 0 fully saturated rings. The molecule has 0 aliphatic rings. The van der Waals surface area contributed by atoms with E-state index >= 15 is 0 Å². The number of hydrazone groups is 2. The summed E-state index contributed by atoms with van der Waals surface area (Å²) < 4.78 is 0. The van der Waals surface area contributed by atoms with Crippen LogP contribution >= 0.6 is 0 Å². The maximum Gasteiger partial charge on any atom is 0.231 e. The molecule has 15 heavy (non-hydrogen) atoms. The molecule has 0 aromatic heterocycles. The summed E-state index contributed by atoms with van der Waals surface area (Å²) in [6.07, 6.45) is 1.54. The van der Waals surface area contributed by atoms with Gasteiger partial charge >= 0.3 is 0 Å². The molecule has 0 amide bonds. The fourth-order valence-corrected chi connectivity index (χ4v) is 0.846. The molecular weight excluding hydrogens is 192 g/mol. The molecule has 1 rings (SSSR count). The van der Waals surface area contributed by atoms with Crippen molar-refractivity contribution in [2.75, 3.05) is 0 Å². The Hall–Kier alpha value is -2.55. The third-order valence-electron chi connectivity index (χ3n) is 1.57. The molecule has 0 atom stereocenters. The number of hydrogen-bond acceptors (Lipinski definition) is 4. The van der Waals surface area contributed by atoms with Crippen molar-refractivity contribution in [1.82, 2.24) is 5.43 Å². The molecule has 0 radical (unpaired) electrons. The van der Waals surface area contributed by atoms with Crippen LogP contribution in [0.15, 0.2) is 34.5 Å². The first-order valence-electron chi connectivity index (χ1n) is 4.09. The second kappa shape index (κ2) is 5.24. The molecule has 0 saturated heterocycles. The number of guanidine groups is 1. The van der Waals surface area contributed by atoms with Crippen LogP contribution in [0, 0.1) is 11.3 Å². The van der Waals surface area contributed by atoms with Crippen LogP contribution in [0.5, 0.6) is 0 Å².